The summed E-state index contributed by atoms with van der Waals surface area (Å²) in [6.07, 6.45) is 4.97. The molecule has 0 aromatic carbocycles. The lowest BCUT2D eigenvalue weighted by atomic mass is 10.1. The molecule has 0 fully saturated rings. The Labute approximate surface area is 77.3 Å². The topological polar surface area (TPSA) is 12.4 Å². The summed E-state index contributed by atoms with van der Waals surface area (Å²) >= 11 is 0. The van der Waals surface area contributed by atoms with Crippen LogP contribution in [-0.4, -0.2) is 12.3 Å². The van der Waals surface area contributed by atoms with Gasteiger partial charge in [-0.1, -0.05) is 33.6 Å². The first kappa shape index (κ1) is 11.7. The molecule has 12 heavy (non-hydrogen) atoms. The number of aliphatic imine (C=N–C) groups is 1. The highest BCUT2D eigenvalue weighted by molar-refractivity contribution is 5.81. The van der Waals surface area contributed by atoms with E-state index in [-0.39, 0.29) is 0 Å². The van der Waals surface area contributed by atoms with Crippen molar-refractivity contribution in [3.05, 3.63) is 0 Å². The summed E-state index contributed by atoms with van der Waals surface area (Å²) in [6.45, 7) is 9.89. The lowest BCUT2D eigenvalue weighted by Gasteiger charge is -2.06. The Kier molecular flexibility index (Phi) is 7.12. The molecule has 1 atom stereocenters. The van der Waals surface area contributed by atoms with E-state index < -0.39 is 0 Å². The van der Waals surface area contributed by atoms with Crippen molar-refractivity contribution in [3.8, 4) is 0 Å². The fourth-order valence-electron chi connectivity index (χ4n) is 1.34. The quantitative estimate of drug-likeness (QED) is 0.538. The van der Waals surface area contributed by atoms with E-state index in [1.807, 2.05) is 0 Å². The van der Waals surface area contributed by atoms with E-state index >= 15 is 0 Å². The van der Waals surface area contributed by atoms with Crippen LogP contribution in [0.5, 0.6) is 0 Å². The first-order valence-electron chi connectivity index (χ1n) is 5.20. The second-order valence-electron chi connectivity index (χ2n) is 3.72. The summed E-state index contributed by atoms with van der Waals surface area (Å²) < 4.78 is 0. The summed E-state index contributed by atoms with van der Waals surface area (Å²) in [4.78, 5) is 4.55. The normalized spacial score (nSPS) is 14.8. The molecule has 0 spiro atoms. The number of hydrogen-bond acceptors (Lipinski definition) is 1. The maximum absolute atomic E-state index is 4.55. The molecule has 0 aliphatic heterocycles. The van der Waals surface area contributed by atoms with Crippen molar-refractivity contribution in [1.82, 2.24) is 0 Å². The molecule has 0 saturated heterocycles. The van der Waals surface area contributed by atoms with Crippen LogP contribution in [-0.2, 0) is 0 Å². The minimum Gasteiger partial charge on any atom is -0.294 e. The molecule has 1 unspecified atom stereocenters. The van der Waals surface area contributed by atoms with Gasteiger partial charge in [-0.05, 0) is 25.7 Å². The third kappa shape index (κ3) is 6.38. The fourth-order valence-corrected chi connectivity index (χ4v) is 1.34. The minimum atomic E-state index is 0.766. The van der Waals surface area contributed by atoms with Gasteiger partial charge >= 0.3 is 0 Å². The van der Waals surface area contributed by atoms with Crippen LogP contribution in [0.3, 0.4) is 0 Å². The Hall–Kier alpha value is -0.330. The van der Waals surface area contributed by atoms with Crippen LogP contribution in [0, 0.1) is 5.92 Å². The van der Waals surface area contributed by atoms with Crippen LogP contribution < -0.4 is 0 Å². The van der Waals surface area contributed by atoms with E-state index in [4.69, 9.17) is 0 Å². The van der Waals surface area contributed by atoms with Gasteiger partial charge in [0.15, 0.2) is 0 Å². The molecular weight excluding hydrogens is 146 g/mol. The predicted molar refractivity (Wildman–Crippen MR) is 57.0 cm³/mol. The maximum atomic E-state index is 4.55. The lowest BCUT2D eigenvalue weighted by molar-refractivity contribution is 0.537. The molecule has 72 valence electrons. The monoisotopic (exact) mass is 169 g/mol. The molecule has 0 aliphatic carbocycles. The van der Waals surface area contributed by atoms with Crippen molar-refractivity contribution < 1.29 is 0 Å². The number of rotatable bonds is 6. The highest BCUT2D eigenvalue weighted by atomic mass is 14.7. The first-order valence-corrected chi connectivity index (χ1v) is 5.20. The summed E-state index contributed by atoms with van der Waals surface area (Å²) in [5, 5.41) is 0. The minimum absolute atomic E-state index is 0.766. The van der Waals surface area contributed by atoms with Crippen LogP contribution in [0.25, 0.3) is 0 Å². The van der Waals surface area contributed by atoms with Gasteiger partial charge in [-0.2, -0.15) is 0 Å². The molecule has 0 rings (SSSR count). The van der Waals surface area contributed by atoms with Crippen LogP contribution in [0.4, 0.5) is 0 Å². The molecule has 0 amide bonds. The zero-order valence-corrected chi connectivity index (χ0v) is 9.06. The van der Waals surface area contributed by atoms with Gasteiger partial charge in [0.1, 0.15) is 0 Å². The summed E-state index contributed by atoms with van der Waals surface area (Å²) in [5.74, 6) is 0.766. The summed E-state index contributed by atoms with van der Waals surface area (Å²) in [5.41, 5.74) is 1.32. The van der Waals surface area contributed by atoms with Crippen molar-refractivity contribution in [2.24, 2.45) is 10.9 Å². The van der Waals surface area contributed by atoms with Gasteiger partial charge in [-0.3, -0.25) is 4.99 Å². The van der Waals surface area contributed by atoms with E-state index in [0.29, 0.717) is 0 Å². The van der Waals surface area contributed by atoms with E-state index in [0.717, 1.165) is 12.5 Å². The third-order valence-electron chi connectivity index (χ3n) is 2.07. The second-order valence-corrected chi connectivity index (χ2v) is 3.72. The average Bonchev–Trinajstić information content (AvgIpc) is 2.02. The fraction of sp³-hybridized carbons (Fsp3) is 0.909. The largest absolute Gasteiger partial charge is 0.294 e. The van der Waals surface area contributed by atoms with Crippen molar-refractivity contribution in [2.75, 3.05) is 6.54 Å². The van der Waals surface area contributed by atoms with Crippen LogP contribution in [0.2, 0.25) is 0 Å². The summed E-state index contributed by atoms with van der Waals surface area (Å²) in [6, 6.07) is 0. The molecule has 0 aromatic heterocycles. The Balaban J connectivity index is 3.55. The molecule has 1 nitrogen and oxygen atoms in total. The van der Waals surface area contributed by atoms with E-state index in [1.165, 1.54) is 31.4 Å². The smallest absolute Gasteiger partial charge is 0.0414 e. The highest BCUT2D eigenvalue weighted by Gasteiger charge is 1.98. The Morgan fingerprint density at radius 3 is 2.42 bits per heavy atom. The van der Waals surface area contributed by atoms with E-state index in [9.17, 15) is 0 Å². The molecule has 0 bridgehead atoms. The van der Waals surface area contributed by atoms with Crippen molar-refractivity contribution in [1.29, 1.82) is 0 Å². The molecule has 0 aliphatic rings. The SMILES string of the molecule is CCCC(C)=NCC(C)CCC. The second kappa shape index (κ2) is 7.33. The summed E-state index contributed by atoms with van der Waals surface area (Å²) in [7, 11) is 0. The third-order valence-corrected chi connectivity index (χ3v) is 2.07. The Morgan fingerprint density at radius 1 is 1.25 bits per heavy atom. The molecule has 0 N–H and O–H groups in total. The van der Waals surface area contributed by atoms with Gasteiger partial charge in [0.25, 0.3) is 0 Å². The maximum Gasteiger partial charge on any atom is 0.0414 e. The first-order chi connectivity index (χ1) is 5.70. The van der Waals surface area contributed by atoms with Gasteiger partial charge in [-0.25, -0.2) is 0 Å². The molecule has 0 aromatic rings. The molecular formula is C11H23N. The van der Waals surface area contributed by atoms with Gasteiger partial charge in [0.05, 0.1) is 0 Å². The Bertz CT molecular complexity index is 127. The predicted octanol–water partition coefficient (Wildman–Crippen LogP) is 3.68. The zero-order valence-electron chi connectivity index (χ0n) is 9.06. The molecule has 0 heterocycles. The average molecular weight is 169 g/mol. The van der Waals surface area contributed by atoms with Crippen LogP contribution in [0.15, 0.2) is 4.99 Å². The zero-order chi connectivity index (χ0) is 9.40. The van der Waals surface area contributed by atoms with Crippen LogP contribution in [0.1, 0.15) is 53.4 Å². The number of nitrogens with zero attached hydrogens (tertiary/aromatic N) is 1. The van der Waals surface area contributed by atoms with E-state index in [1.54, 1.807) is 0 Å². The van der Waals surface area contributed by atoms with Gasteiger partial charge in [0.2, 0.25) is 0 Å². The van der Waals surface area contributed by atoms with Crippen molar-refractivity contribution >= 4 is 5.71 Å². The lowest BCUT2D eigenvalue weighted by Crippen LogP contribution is -2.01. The van der Waals surface area contributed by atoms with Gasteiger partial charge in [-0.15, -0.1) is 0 Å². The molecule has 0 radical (unpaired) electrons. The number of hydrogen-bond donors (Lipinski definition) is 0. The van der Waals surface area contributed by atoms with E-state index in [2.05, 4.69) is 32.7 Å². The molecule has 0 saturated carbocycles. The standard InChI is InChI=1S/C11H23N/c1-5-7-10(3)9-12-11(4)8-6-2/h10H,5-9H2,1-4H3. The van der Waals surface area contributed by atoms with Gasteiger partial charge < -0.3 is 0 Å². The van der Waals surface area contributed by atoms with Crippen LogP contribution >= 0.6 is 0 Å². The van der Waals surface area contributed by atoms with Gasteiger partial charge in [0, 0.05) is 12.3 Å². The highest BCUT2D eigenvalue weighted by Crippen LogP contribution is 2.05. The van der Waals surface area contributed by atoms with Crippen molar-refractivity contribution in [3.63, 3.8) is 0 Å². The molecule has 1 heteroatoms. The Morgan fingerprint density at radius 2 is 1.92 bits per heavy atom. The van der Waals surface area contributed by atoms with Crippen molar-refractivity contribution in [2.45, 2.75) is 53.4 Å².